The highest BCUT2D eigenvalue weighted by Gasteiger charge is 2.23. The minimum atomic E-state index is 0.366. The number of rotatable bonds is 3. The van der Waals surface area contributed by atoms with E-state index in [1.54, 1.807) is 0 Å². The van der Waals surface area contributed by atoms with Crippen molar-refractivity contribution in [2.24, 2.45) is 0 Å². The summed E-state index contributed by atoms with van der Waals surface area (Å²) in [4.78, 5) is 2.28. The molecule has 0 aromatic rings. The van der Waals surface area contributed by atoms with Crippen molar-refractivity contribution in [1.82, 2.24) is 4.90 Å². The Morgan fingerprint density at radius 2 is 2.33 bits per heavy atom. The second-order valence-corrected chi connectivity index (χ2v) is 3.82. The Hall–Kier alpha value is -1.33. The van der Waals surface area contributed by atoms with Crippen LogP contribution in [0.25, 0.3) is 0 Å². The minimum absolute atomic E-state index is 0.366. The van der Waals surface area contributed by atoms with Gasteiger partial charge in [0.05, 0.1) is 0 Å². The van der Waals surface area contributed by atoms with Crippen molar-refractivity contribution >= 4 is 6.21 Å². The van der Waals surface area contributed by atoms with Gasteiger partial charge >= 0.3 is 0 Å². The van der Waals surface area contributed by atoms with Gasteiger partial charge in [-0.3, -0.25) is 4.90 Å². The first kappa shape index (κ1) is 11.7. The number of likely N-dealkylation sites (tertiary alicyclic amines) is 1. The third kappa shape index (κ3) is 2.81. The van der Waals surface area contributed by atoms with E-state index in [1.807, 2.05) is 19.1 Å². The summed E-state index contributed by atoms with van der Waals surface area (Å²) < 4.78 is 0. The van der Waals surface area contributed by atoms with Crippen LogP contribution in [0.4, 0.5) is 0 Å². The normalized spacial score (nSPS) is 23.9. The van der Waals surface area contributed by atoms with Crippen LogP contribution >= 0.6 is 0 Å². The molecule has 0 aliphatic carbocycles. The maximum absolute atomic E-state index is 7.44. The highest BCUT2D eigenvalue weighted by Crippen LogP contribution is 2.21. The Balaban J connectivity index is 2.88. The van der Waals surface area contributed by atoms with E-state index in [0.29, 0.717) is 6.04 Å². The lowest BCUT2D eigenvalue weighted by Gasteiger charge is -2.20. The van der Waals surface area contributed by atoms with E-state index in [4.69, 9.17) is 11.8 Å². The summed E-state index contributed by atoms with van der Waals surface area (Å²) in [5.74, 6) is 2.62. The summed E-state index contributed by atoms with van der Waals surface area (Å²) in [6.45, 7) is 3.03. The van der Waals surface area contributed by atoms with E-state index >= 15 is 0 Å². The predicted octanol–water partition coefficient (Wildman–Crippen LogP) is 2.24. The second-order valence-electron chi connectivity index (χ2n) is 3.82. The smallest absolute Gasteiger partial charge is 0.0360 e. The van der Waals surface area contributed by atoms with Crippen molar-refractivity contribution < 1.29 is 0 Å². The molecule has 0 aromatic heterocycles. The van der Waals surface area contributed by atoms with Crippen molar-refractivity contribution in [3.63, 3.8) is 0 Å². The molecule has 80 valence electrons. The van der Waals surface area contributed by atoms with Crippen LogP contribution in [0.3, 0.4) is 0 Å². The average molecular weight is 202 g/mol. The first-order valence-electron chi connectivity index (χ1n) is 5.28. The van der Waals surface area contributed by atoms with Crippen LogP contribution in [0.15, 0.2) is 23.3 Å². The topological polar surface area (TPSA) is 27.1 Å². The Morgan fingerprint density at radius 3 is 2.73 bits per heavy atom. The minimum Gasteiger partial charge on any atom is -0.308 e. The van der Waals surface area contributed by atoms with E-state index in [1.165, 1.54) is 12.6 Å². The van der Waals surface area contributed by atoms with Crippen LogP contribution in [-0.2, 0) is 0 Å². The van der Waals surface area contributed by atoms with Crippen LogP contribution < -0.4 is 0 Å². The van der Waals surface area contributed by atoms with Crippen LogP contribution in [0.5, 0.6) is 0 Å². The van der Waals surface area contributed by atoms with Crippen LogP contribution in [0.2, 0.25) is 0 Å². The third-order valence-electron chi connectivity index (χ3n) is 2.87. The predicted molar refractivity (Wildman–Crippen MR) is 65.1 cm³/mol. The molecule has 1 fully saturated rings. The number of hydrogen-bond acceptors (Lipinski definition) is 2. The van der Waals surface area contributed by atoms with E-state index in [2.05, 4.69) is 17.9 Å². The number of nitrogens with one attached hydrogen (secondary N) is 1. The van der Waals surface area contributed by atoms with Crippen molar-refractivity contribution in [2.45, 2.75) is 25.8 Å². The number of hydrogen-bond donors (Lipinski definition) is 1. The van der Waals surface area contributed by atoms with Gasteiger partial charge in [-0.05, 0) is 45.0 Å². The van der Waals surface area contributed by atoms with Gasteiger partial charge in [0.15, 0.2) is 0 Å². The lowest BCUT2D eigenvalue weighted by Crippen LogP contribution is -2.27. The number of nitrogens with zero attached hydrogens (tertiary/aromatic N) is 1. The van der Waals surface area contributed by atoms with Gasteiger partial charge in [0.2, 0.25) is 0 Å². The van der Waals surface area contributed by atoms with Crippen LogP contribution in [0, 0.1) is 17.8 Å². The molecule has 2 nitrogen and oxygen atoms in total. The summed E-state index contributed by atoms with van der Waals surface area (Å²) in [6.07, 6.45) is 13.0. The Morgan fingerprint density at radius 1 is 1.60 bits per heavy atom. The molecule has 0 amide bonds. The molecule has 15 heavy (non-hydrogen) atoms. The van der Waals surface area contributed by atoms with E-state index in [0.717, 1.165) is 24.1 Å². The monoisotopic (exact) mass is 202 g/mol. The summed E-state index contributed by atoms with van der Waals surface area (Å²) in [5.41, 5.74) is 1.87. The Bertz CT molecular complexity index is 331. The lowest BCUT2D eigenvalue weighted by atomic mass is 10.0. The zero-order chi connectivity index (χ0) is 11.3. The highest BCUT2D eigenvalue weighted by atomic mass is 15.1. The fraction of sp³-hybridized carbons (Fsp3) is 0.462. The number of allylic oxidation sites excluding steroid dienone is 3. The van der Waals surface area contributed by atoms with Crippen molar-refractivity contribution in [1.29, 1.82) is 5.41 Å². The van der Waals surface area contributed by atoms with Gasteiger partial charge in [-0.25, -0.2) is 0 Å². The summed E-state index contributed by atoms with van der Waals surface area (Å²) in [5, 5.41) is 7.44. The fourth-order valence-electron chi connectivity index (χ4n) is 1.95. The van der Waals surface area contributed by atoms with Gasteiger partial charge in [-0.15, -0.1) is 6.42 Å². The zero-order valence-corrected chi connectivity index (χ0v) is 9.46. The highest BCUT2D eigenvalue weighted by molar-refractivity contribution is 5.79. The lowest BCUT2D eigenvalue weighted by molar-refractivity contribution is 0.351. The molecule has 0 spiro atoms. The Labute approximate surface area is 92.2 Å². The van der Waals surface area contributed by atoms with Crippen molar-refractivity contribution in [3.05, 3.63) is 23.3 Å². The molecule has 1 rings (SSSR count). The van der Waals surface area contributed by atoms with Crippen molar-refractivity contribution in [3.8, 4) is 12.3 Å². The van der Waals surface area contributed by atoms with Gasteiger partial charge in [-0.2, -0.15) is 0 Å². The molecule has 1 N–H and O–H groups in total. The SMILES string of the molecule is C#CC(/C=C(\C=N)[C@@H]1CCCN1C)=C/C. The molecule has 0 unspecified atom stereocenters. The first-order chi connectivity index (χ1) is 7.22. The molecule has 2 heteroatoms. The fourth-order valence-corrected chi connectivity index (χ4v) is 1.95. The molecule has 1 atom stereocenters. The van der Waals surface area contributed by atoms with E-state index in [9.17, 15) is 0 Å². The summed E-state index contributed by atoms with van der Waals surface area (Å²) in [7, 11) is 2.10. The van der Waals surface area contributed by atoms with Gasteiger partial charge in [-0.1, -0.05) is 12.0 Å². The Kier molecular flexibility index (Phi) is 4.33. The molecule has 1 aliphatic heterocycles. The van der Waals surface area contributed by atoms with Gasteiger partial charge in [0.25, 0.3) is 0 Å². The standard InChI is InChI=1S/C13H18N2/c1-4-11(5-2)9-12(10-14)13-7-6-8-15(13)3/h1,5,9-10,13-14H,6-8H2,2-3H3/b11-5-,12-9+,14-10?/t13-/m0/s1. The number of likely N-dealkylation sites (N-methyl/N-ethyl adjacent to an activating group) is 1. The van der Waals surface area contributed by atoms with Gasteiger partial charge < -0.3 is 5.41 Å². The molecule has 0 saturated carbocycles. The summed E-state index contributed by atoms with van der Waals surface area (Å²) >= 11 is 0. The molecule has 0 radical (unpaired) electrons. The molecule has 1 heterocycles. The zero-order valence-electron chi connectivity index (χ0n) is 9.46. The van der Waals surface area contributed by atoms with E-state index < -0.39 is 0 Å². The molecule has 1 saturated heterocycles. The first-order valence-corrected chi connectivity index (χ1v) is 5.28. The van der Waals surface area contributed by atoms with E-state index in [-0.39, 0.29) is 0 Å². The quantitative estimate of drug-likeness (QED) is 0.424. The van der Waals surface area contributed by atoms with Crippen molar-refractivity contribution in [2.75, 3.05) is 13.6 Å². The maximum Gasteiger partial charge on any atom is 0.0360 e. The average Bonchev–Trinajstić information content (AvgIpc) is 2.67. The third-order valence-corrected chi connectivity index (χ3v) is 2.87. The second kappa shape index (κ2) is 5.53. The van der Waals surface area contributed by atoms with Crippen LogP contribution in [-0.4, -0.2) is 30.7 Å². The molecule has 1 aliphatic rings. The summed E-state index contributed by atoms with van der Waals surface area (Å²) in [6, 6.07) is 0.366. The van der Waals surface area contributed by atoms with Crippen LogP contribution in [0.1, 0.15) is 19.8 Å². The van der Waals surface area contributed by atoms with Gasteiger partial charge in [0, 0.05) is 17.8 Å². The molecule has 0 aromatic carbocycles. The largest absolute Gasteiger partial charge is 0.308 e. The molecular formula is C13H18N2. The maximum atomic E-state index is 7.44. The molecular weight excluding hydrogens is 184 g/mol. The van der Waals surface area contributed by atoms with Gasteiger partial charge in [0.1, 0.15) is 0 Å². The molecule has 0 bridgehead atoms. The number of terminal acetylenes is 1.